The Hall–Kier alpha value is -1.88. The Kier molecular flexibility index (Phi) is 4.96. The second-order valence-corrected chi connectivity index (χ2v) is 6.13. The lowest BCUT2D eigenvalue weighted by Gasteiger charge is -2.33. The Morgan fingerprint density at radius 3 is 3.04 bits per heavy atom. The molecule has 0 aliphatic carbocycles. The number of aryl methyl sites for hydroxylation is 1. The van der Waals surface area contributed by atoms with Gasteiger partial charge in [0.1, 0.15) is 11.9 Å². The number of H-pyrrole nitrogens is 1. The lowest BCUT2D eigenvalue weighted by Crippen LogP contribution is -2.42. The molecule has 2 heterocycles. The van der Waals surface area contributed by atoms with Crippen molar-refractivity contribution in [3.8, 4) is 0 Å². The number of para-hydroxylation sites is 1. The number of nitrogens with one attached hydrogen (secondary N) is 1. The highest BCUT2D eigenvalue weighted by molar-refractivity contribution is 5.80. The normalized spacial score (nSPS) is 18.5. The van der Waals surface area contributed by atoms with Gasteiger partial charge in [0.05, 0.1) is 24.2 Å². The third-order valence-corrected chi connectivity index (χ3v) is 4.31. The Labute approximate surface area is 137 Å². The Balaban J connectivity index is 1.85. The molecule has 5 heteroatoms. The van der Waals surface area contributed by atoms with Crippen LogP contribution in [0.4, 0.5) is 0 Å². The van der Waals surface area contributed by atoms with Crippen molar-refractivity contribution in [3.05, 3.63) is 29.6 Å². The molecular weight excluding hydrogens is 290 g/mol. The molecular formula is C18H25N3O2. The molecule has 0 spiro atoms. The van der Waals surface area contributed by atoms with E-state index in [-0.39, 0.29) is 12.0 Å². The number of aromatic nitrogens is 2. The monoisotopic (exact) mass is 315 g/mol. The first-order chi connectivity index (χ1) is 11.2. The number of benzene rings is 1. The summed E-state index contributed by atoms with van der Waals surface area (Å²) < 4.78 is 5.95. The summed E-state index contributed by atoms with van der Waals surface area (Å²) in [6.07, 6.45) is 3.41. The number of ether oxygens (including phenoxy) is 1. The molecule has 1 fully saturated rings. The number of hydrogen-bond acceptors (Lipinski definition) is 3. The van der Waals surface area contributed by atoms with Crippen molar-refractivity contribution in [1.29, 1.82) is 0 Å². The molecule has 3 rings (SSSR count). The van der Waals surface area contributed by atoms with E-state index in [2.05, 4.69) is 18.0 Å². The van der Waals surface area contributed by atoms with Crippen LogP contribution in [-0.2, 0) is 16.0 Å². The van der Waals surface area contributed by atoms with Gasteiger partial charge in [0.2, 0.25) is 5.91 Å². The fourth-order valence-electron chi connectivity index (χ4n) is 3.16. The predicted octanol–water partition coefficient (Wildman–Crippen LogP) is 3.22. The zero-order valence-electron chi connectivity index (χ0n) is 14.0. The first-order valence-electron chi connectivity index (χ1n) is 8.59. The van der Waals surface area contributed by atoms with Gasteiger partial charge in [0.25, 0.3) is 0 Å². The van der Waals surface area contributed by atoms with Crippen molar-refractivity contribution in [1.82, 2.24) is 14.9 Å². The van der Waals surface area contributed by atoms with E-state index in [1.807, 2.05) is 24.0 Å². The highest BCUT2D eigenvalue weighted by atomic mass is 16.5. The molecule has 0 saturated carbocycles. The summed E-state index contributed by atoms with van der Waals surface area (Å²) in [6, 6.07) is 6.15. The van der Waals surface area contributed by atoms with Crippen molar-refractivity contribution in [3.63, 3.8) is 0 Å². The number of amides is 1. The number of carbonyl (C=O) groups excluding carboxylic acids is 1. The predicted molar refractivity (Wildman–Crippen MR) is 90.3 cm³/mol. The van der Waals surface area contributed by atoms with Crippen LogP contribution in [0.25, 0.3) is 11.0 Å². The number of morpholine rings is 1. The summed E-state index contributed by atoms with van der Waals surface area (Å²) in [6.45, 7) is 6.08. The molecule has 1 aliphatic heterocycles. The molecule has 2 aromatic rings. The van der Waals surface area contributed by atoms with E-state index >= 15 is 0 Å². The van der Waals surface area contributed by atoms with Gasteiger partial charge in [0.15, 0.2) is 0 Å². The maximum Gasteiger partial charge on any atom is 0.222 e. The minimum absolute atomic E-state index is 0.0916. The summed E-state index contributed by atoms with van der Waals surface area (Å²) in [5.41, 5.74) is 3.10. The van der Waals surface area contributed by atoms with E-state index in [1.54, 1.807) is 0 Å². The van der Waals surface area contributed by atoms with Crippen LogP contribution >= 0.6 is 0 Å². The fraction of sp³-hybridized carbons (Fsp3) is 0.556. The highest BCUT2D eigenvalue weighted by Crippen LogP contribution is 2.28. The van der Waals surface area contributed by atoms with Gasteiger partial charge in [0, 0.05) is 24.9 Å². The quantitative estimate of drug-likeness (QED) is 0.921. The molecule has 23 heavy (non-hydrogen) atoms. The number of fused-ring (bicyclic) bond motifs is 1. The maximum atomic E-state index is 12.2. The van der Waals surface area contributed by atoms with Gasteiger partial charge in [-0.3, -0.25) is 4.79 Å². The molecule has 1 N–H and O–H groups in total. The minimum atomic E-state index is -0.0916. The summed E-state index contributed by atoms with van der Waals surface area (Å²) in [5.74, 6) is 1.24. The molecule has 124 valence electrons. The van der Waals surface area contributed by atoms with E-state index in [9.17, 15) is 4.79 Å². The second kappa shape index (κ2) is 7.13. The molecule has 1 atom stereocenters. The highest BCUT2D eigenvalue weighted by Gasteiger charge is 2.26. The van der Waals surface area contributed by atoms with E-state index in [4.69, 9.17) is 9.72 Å². The summed E-state index contributed by atoms with van der Waals surface area (Å²) in [5, 5.41) is 0. The Morgan fingerprint density at radius 2 is 2.26 bits per heavy atom. The van der Waals surface area contributed by atoms with Gasteiger partial charge in [-0.2, -0.15) is 0 Å². The molecule has 1 amide bonds. The number of rotatable bonds is 5. The smallest absolute Gasteiger partial charge is 0.222 e. The molecule has 0 radical (unpaired) electrons. The van der Waals surface area contributed by atoms with Gasteiger partial charge in [-0.15, -0.1) is 0 Å². The average molecular weight is 315 g/mol. The van der Waals surface area contributed by atoms with Crippen LogP contribution in [0.15, 0.2) is 18.2 Å². The number of nitrogens with zero attached hydrogens (tertiary/aromatic N) is 2. The van der Waals surface area contributed by atoms with Crippen molar-refractivity contribution in [2.45, 2.75) is 45.6 Å². The molecule has 1 unspecified atom stereocenters. The van der Waals surface area contributed by atoms with Crippen LogP contribution in [0, 0.1) is 0 Å². The van der Waals surface area contributed by atoms with Crippen molar-refractivity contribution >= 4 is 16.9 Å². The van der Waals surface area contributed by atoms with Gasteiger partial charge in [-0.1, -0.05) is 26.0 Å². The molecule has 1 aromatic carbocycles. The van der Waals surface area contributed by atoms with E-state index in [1.165, 1.54) is 0 Å². The molecule has 5 nitrogen and oxygen atoms in total. The standard InChI is InChI=1S/C18H25N3O2/c1-3-6-16-19-14-9-5-8-13(18(14)20-16)15-12-21(10-11-23-15)17(22)7-4-2/h5,8-9,15H,3-4,6-7,10-12H2,1-2H3,(H,19,20). The van der Waals surface area contributed by atoms with Crippen molar-refractivity contribution < 1.29 is 9.53 Å². The van der Waals surface area contributed by atoms with Crippen molar-refractivity contribution in [2.24, 2.45) is 0 Å². The van der Waals surface area contributed by atoms with Gasteiger partial charge in [-0.25, -0.2) is 4.98 Å². The number of carbonyl (C=O) groups is 1. The van der Waals surface area contributed by atoms with Gasteiger partial charge >= 0.3 is 0 Å². The first kappa shape index (κ1) is 16.0. The zero-order chi connectivity index (χ0) is 16.2. The summed E-state index contributed by atoms with van der Waals surface area (Å²) in [4.78, 5) is 22.2. The Morgan fingerprint density at radius 1 is 1.39 bits per heavy atom. The first-order valence-corrected chi connectivity index (χ1v) is 8.59. The van der Waals surface area contributed by atoms with Crippen LogP contribution < -0.4 is 0 Å². The van der Waals surface area contributed by atoms with Crippen LogP contribution in [0.3, 0.4) is 0 Å². The Bertz CT molecular complexity index is 680. The maximum absolute atomic E-state index is 12.2. The van der Waals surface area contributed by atoms with Crippen LogP contribution in [0.2, 0.25) is 0 Å². The van der Waals surface area contributed by atoms with E-state index in [0.29, 0.717) is 26.1 Å². The third-order valence-electron chi connectivity index (χ3n) is 4.31. The number of aromatic amines is 1. The SMILES string of the molecule is CCCC(=O)N1CCOC(c2cccc3[nH]c(CCC)nc23)C1. The minimum Gasteiger partial charge on any atom is -0.370 e. The van der Waals surface area contributed by atoms with Gasteiger partial charge in [-0.05, 0) is 18.9 Å². The average Bonchev–Trinajstić information content (AvgIpc) is 2.98. The van der Waals surface area contributed by atoms with Crippen LogP contribution in [-0.4, -0.2) is 40.5 Å². The van der Waals surface area contributed by atoms with E-state index < -0.39 is 0 Å². The van der Waals surface area contributed by atoms with Gasteiger partial charge < -0.3 is 14.6 Å². The van der Waals surface area contributed by atoms with Crippen molar-refractivity contribution in [2.75, 3.05) is 19.7 Å². The number of imidazole rings is 1. The van der Waals surface area contributed by atoms with Crippen LogP contribution in [0.5, 0.6) is 0 Å². The number of hydrogen-bond donors (Lipinski definition) is 1. The summed E-state index contributed by atoms with van der Waals surface area (Å²) >= 11 is 0. The fourth-order valence-corrected chi connectivity index (χ4v) is 3.16. The molecule has 0 bridgehead atoms. The third kappa shape index (κ3) is 3.39. The molecule has 1 aliphatic rings. The van der Waals surface area contributed by atoms with Crippen LogP contribution in [0.1, 0.15) is 50.6 Å². The second-order valence-electron chi connectivity index (χ2n) is 6.13. The molecule has 1 saturated heterocycles. The lowest BCUT2D eigenvalue weighted by molar-refractivity contribution is -0.139. The zero-order valence-corrected chi connectivity index (χ0v) is 14.0. The van der Waals surface area contributed by atoms with E-state index in [0.717, 1.165) is 41.7 Å². The summed E-state index contributed by atoms with van der Waals surface area (Å²) in [7, 11) is 0. The largest absolute Gasteiger partial charge is 0.370 e. The lowest BCUT2D eigenvalue weighted by atomic mass is 10.1. The molecule has 1 aromatic heterocycles. The topological polar surface area (TPSA) is 58.2 Å².